The Morgan fingerprint density at radius 2 is 2.00 bits per heavy atom. The number of aliphatic hydroxyl groups is 2. The van der Waals surface area contributed by atoms with Gasteiger partial charge in [-0.2, -0.15) is 5.26 Å². The molecular weight excluding hydrogens is 212 g/mol. The number of esters is 1. The molecule has 0 atom stereocenters. The monoisotopic (exact) mass is 228 g/mol. The summed E-state index contributed by atoms with van der Waals surface area (Å²) in [6.45, 7) is 2.07. The number of carbonyl (C=O) groups excluding carboxylic acids is 1. The molecule has 0 bridgehead atoms. The molecule has 0 rings (SSSR count). The van der Waals surface area contributed by atoms with Crippen LogP contribution in [0.3, 0.4) is 0 Å². The predicted octanol–water partition coefficient (Wildman–Crippen LogP) is -0.756. The second-order valence-corrected chi connectivity index (χ2v) is 2.86. The number of carbonyl (C=O) groups is 1. The van der Waals surface area contributed by atoms with Crippen molar-refractivity contribution in [1.82, 2.24) is 4.90 Å². The van der Waals surface area contributed by atoms with Gasteiger partial charge in [-0.1, -0.05) is 0 Å². The molecule has 90 valence electrons. The first-order valence-electron chi connectivity index (χ1n) is 4.94. The van der Waals surface area contributed by atoms with Crippen LogP contribution in [0.5, 0.6) is 0 Å². The molecule has 0 amide bonds. The van der Waals surface area contributed by atoms with Gasteiger partial charge < -0.3 is 19.8 Å². The summed E-state index contributed by atoms with van der Waals surface area (Å²) < 4.78 is 4.67. The van der Waals surface area contributed by atoms with E-state index in [0.29, 0.717) is 0 Å². The van der Waals surface area contributed by atoms with Gasteiger partial charge in [-0.25, -0.2) is 4.79 Å². The Morgan fingerprint density at radius 3 is 2.38 bits per heavy atom. The van der Waals surface area contributed by atoms with Gasteiger partial charge in [-0.05, 0) is 6.92 Å². The zero-order valence-electron chi connectivity index (χ0n) is 9.22. The molecule has 0 radical (unpaired) electrons. The van der Waals surface area contributed by atoms with Gasteiger partial charge in [-0.15, -0.1) is 0 Å². The third kappa shape index (κ3) is 5.34. The van der Waals surface area contributed by atoms with Crippen LogP contribution in [0.15, 0.2) is 11.8 Å². The first-order valence-corrected chi connectivity index (χ1v) is 4.94. The van der Waals surface area contributed by atoms with E-state index in [1.807, 2.05) is 0 Å². The number of ether oxygens (including phenoxy) is 1. The lowest BCUT2D eigenvalue weighted by Gasteiger charge is -2.17. The van der Waals surface area contributed by atoms with Crippen molar-refractivity contribution in [3.63, 3.8) is 0 Å². The van der Waals surface area contributed by atoms with Crippen LogP contribution in [-0.2, 0) is 9.53 Å². The van der Waals surface area contributed by atoms with Crippen molar-refractivity contribution in [1.29, 1.82) is 5.26 Å². The highest BCUT2D eigenvalue weighted by atomic mass is 16.5. The summed E-state index contributed by atoms with van der Waals surface area (Å²) in [5, 5.41) is 26.2. The fourth-order valence-corrected chi connectivity index (χ4v) is 1.02. The molecule has 0 spiro atoms. The standard InChI is InChI=1S/C10H16N2O4/c1-2-16-10(15)9(7-11)8-12(3-5-13)4-6-14/h8,13-14H,2-6H2,1H3/b9-8+. The van der Waals surface area contributed by atoms with Crippen molar-refractivity contribution >= 4 is 5.97 Å². The maximum absolute atomic E-state index is 11.3. The molecule has 0 aliphatic rings. The lowest BCUT2D eigenvalue weighted by molar-refractivity contribution is -0.138. The summed E-state index contributed by atoms with van der Waals surface area (Å²) in [6.07, 6.45) is 1.28. The zero-order valence-corrected chi connectivity index (χ0v) is 9.22. The predicted molar refractivity (Wildman–Crippen MR) is 56.1 cm³/mol. The fraction of sp³-hybridized carbons (Fsp3) is 0.600. The molecule has 6 heteroatoms. The lowest BCUT2D eigenvalue weighted by Crippen LogP contribution is -2.26. The normalized spacial score (nSPS) is 10.8. The smallest absolute Gasteiger partial charge is 0.350 e. The van der Waals surface area contributed by atoms with E-state index in [2.05, 4.69) is 4.74 Å². The number of nitriles is 1. The van der Waals surface area contributed by atoms with Crippen molar-refractivity contribution in [3.05, 3.63) is 11.8 Å². The van der Waals surface area contributed by atoms with E-state index in [0.717, 1.165) is 0 Å². The van der Waals surface area contributed by atoms with Gasteiger partial charge in [0, 0.05) is 19.3 Å². The topological polar surface area (TPSA) is 93.8 Å². The van der Waals surface area contributed by atoms with E-state index in [-0.39, 0.29) is 38.5 Å². The summed E-state index contributed by atoms with van der Waals surface area (Å²) in [7, 11) is 0. The number of nitrogens with zero attached hydrogens (tertiary/aromatic N) is 2. The molecule has 0 saturated heterocycles. The van der Waals surface area contributed by atoms with E-state index < -0.39 is 5.97 Å². The maximum Gasteiger partial charge on any atom is 0.350 e. The molecule has 0 aliphatic carbocycles. The van der Waals surface area contributed by atoms with Crippen LogP contribution >= 0.6 is 0 Å². The highest BCUT2D eigenvalue weighted by molar-refractivity contribution is 5.92. The first kappa shape index (κ1) is 14.4. The van der Waals surface area contributed by atoms with Gasteiger partial charge >= 0.3 is 5.97 Å². The van der Waals surface area contributed by atoms with Gasteiger partial charge in [0.1, 0.15) is 6.07 Å². The van der Waals surface area contributed by atoms with Crippen LogP contribution in [0.25, 0.3) is 0 Å². The largest absolute Gasteiger partial charge is 0.462 e. The highest BCUT2D eigenvalue weighted by Gasteiger charge is 2.11. The van der Waals surface area contributed by atoms with Crippen molar-refractivity contribution in [2.24, 2.45) is 0 Å². The molecule has 0 saturated carbocycles. The summed E-state index contributed by atoms with van der Waals surface area (Å²) in [5.74, 6) is -0.703. The Hall–Kier alpha value is -1.58. The van der Waals surface area contributed by atoms with E-state index in [1.165, 1.54) is 11.1 Å². The van der Waals surface area contributed by atoms with Crippen LogP contribution in [0.1, 0.15) is 6.92 Å². The van der Waals surface area contributed by atoms with Gasteiger partial charge in [0.2, 0.25) is 0 Å². The molecule has 0 unspecified atom stereocenters. The van der Waals surface area contributed by atoms with Crippen LogP contribution in [0.4, 0.5) is 0 Å². The van der Waals surface area contributed by atoms with Gasteiger partial charge in [0.25, 0.3) is 0 Å². The van der Waals surface area contributed by atoms with E-state index in [9.17, 15) is 4.79 Å². The Kier molecular flexibility index (Phi) is 7.85. The van der Waals surface area contributed by atoms with Crippen LogP contribution in [0.2, 0.25) is 0 Å². The van der Waals surface area contributed by atoms with E-state index in [1.54, 1.807) is 13.0 Å². The first-order chi connectivity index (χ1) is 7.69. The summed E-state index contributed by atoms with van der Waals surface area (Å²) in [6, 6.07) is 1.72. The summed E-state index contributed by atoms with van der Waals surface area (Å²) in [5.41, 5.74) is -0.149. The molecule has 6 nitrogen and oxygen atoms in total. The Labute approximate surface area is 94.4 Å². The number of aliphatic hydroxyl groups excluding tert-OH is 2. The molecule has 2 N–H and O–H groups in total. The summed E-state index contributed by atoms with van der Waals surface area (Å²) >= 11 is 0. The molecule has 0 aromatic heterocycles. The molecule has 0 heterocycles. The highest BCUT2D eigenvalue weighted by Crippen LogP contribution is 2.00. The Bertz CT molecular complexity index is 277. The minimum Gasteiger partial charge on any atom is -0.462 e. The fourth-order valence-electron chi connectivity index (χ4n) is 1.02. The molecule has 0 fully saturated rings. The van der Waals surface area contributed by atoms with Crippen LogP contribution in [0, 0.1) is 11.3 Å². The number of hydrogen-bond donors (Lipinski definition) is 2. The minimum atomic E-state index is -0.703. The van der Waals surface area contributed by atoms with Crippen molar-refractivity contribution in [3.8, 4) is 6.07 Å². The third-order valence-corrected chi connectivity index (χ3v) is 1.70. The Balaban J connectivity index is 4.62. The van der Waals surface area contributed by atoms with Crippen LogP contribution < -0.4 is 0 Å². The van der Waals surface area contributed by atoms with Gasteiger partial charge in [-0.3, -0.25) is 0 Å². The van der Waals surface area contributed by atoms with Crippen molar-refractivity contribution in [2.45, 2.75) is 6.92 Å². The third-order valence-electron chi connectivity index (χ3n) is 1.70. The average Bonchev–Trinajstić information content (AvgIpc) is 2.26. The number of rotatable bonds is 7. The molecular formula is C10H16N2O4. The van der Waals surface area contributed by atoms with Crippen molar-refractivity contribution < 1.29 is 19.7 Å². The van der Waals surface area contributed by atoms with Crippen LogP contribution in [-0.4, -0.2) is 54.0 Å². The second-order valence-electron chi connectivity index (χ2n) is 2.86. The van der Waals surface area contributed by atoms with Crippen molar-refractivity contribution in [2.75, 3.05) is 32.9 Å². The van der Waals surface area contributed by atoms with Gasteiger partial charge in [0.15, 0.2) is 5.57 Å². The second kappa shape index (κ2) is 8.71. The quantitative estimate of drug-likeness (QED) is 0.338. The summed E-state index contributed by atoms with van der Waals surface area (Å²) in [4.78, 5) is 12.7. The minimum absolute atomic E-state index is 0.127. The van der Waals surface area contributed by atoms with E-state index in [4.69, 9.17) is 15.5 Å². The van der Waals surface area contributed by atoms with E-state index >= 15 is 0 Å². The average molecular weight is 228 g/mol. The van der Waals surface area contributed by atoms with Gasteiger partial charge in [0.05, 0.1) is 19.8 Å². The lowest BCUT2D eigenvalue weighted by atomic mass is 10.3. The maximum atomic E-state index is 11.3. The SMILES string of the molecule is CCOC(=O)/C(C#N)=C/N(CCO)CCO. The Morgan fingerprint density at radius 1 is 1.44 bits per heavy atom. The molecule has 16 heavy (non-hydrogen) atoms. The molecule has 0 aliphatic heterocycles. The molecule has 0 aromatic rings. The number of hydrogen-bond acceptors (Lipinski definition) is 6. The molecule has 0 aromatic carbocycles. The zero-order chi connectivity index (χ0) is 12.4.